The first kappa shape index (κ1) is 17.7. The Labute approximate surface area is 116 Å². The van der Waals surface area contributed by atoms with Crippen LogP contribution in [0.5, 0.6) is 0 Å². The number of urea groups is 1. The van der Waals surface area contributed by atoms with Gasteiger partial charge in [-0.1, -0.05) is 6.92 Å². The first-order valence-electron chi connectivity index (χ1n) is 6.19. The van der Waals surface area contributed by atoms with Crippen molar-refractivity contribution in [1.82, 2.24) is 16.0 Å². The van der Waals surface area contributed by atoms with E-state index in [-0.39, 0.29) is 18.9 Å². The zero-order valence-corrected chi connectivity index (χ0v) is 11.3. The summed E-state index contributed by atoms with van der Waals surface area (Å²) in [7, 11) is 0. The van der Waals surface area contributed by atoms with Crippen LogP contribution < -0.4 is 21.7 Å². The van der Waals surface area contributed by atoms with Gasteiger partial charge in [0.05, 0.1) is 6.42 Å². The summed E-state index contributed by atoms with van der Waals surface area (Å²) in [6.07, 6.45) is 0.397. The maximum Gasteiger partial charge on any atom is 0.326 e. The highest BCUT2D eigenvalue weighted by Gasteiger charge is 2.21. The van der Waals surface area contributed by atoms with Gasteiger partial charge in [-0.3, -0.25) is 9.59 Å². The molecule has 0 spiro atoms. The summed E-state index contributed by atoms with van der Waals surface area (Å²) in [6, 6.07) is -2.16. The highest BCUT2D eigenvalue weighted by atomic mass is 16.4. The lowest BCUT2D eigenvalue weighted by Crippen LogP contribution is -2.48. The summed E-state index contributed by atoms with van der Waals surface area (Å²) in [4.78, 5) is 44.0. The van der Waals surface area contributed by atoms with E-state index in [4.69, 9.17) is 10.8 Å². The van der Waals surface area contributed by atoms with Crippen molar-refractivity contribution in [2.24, 2.45) is 5.73 Å². The fourth-order valence-corrected chi connectivity index (χ4v) is 1.25. The number of nitrogens with two attached hydrogens (primary N) is 1. The second-order valence-electron chi connectivity index (χ2n) is 4.06. The predicted molar refractivity (Wildman–Crippen MR) is 69.7 cm³/mol. The molecule has 0 aliphatic carbocycles. The van der Waals surface area contributed by atoms with Gasteiger partial charge in [-0.25, -0.2) is 9.59 Å². The Hall–Kier alpha value is -2.32. The molecule has 0 saturated heterocycles. The number of nitrogens with one attached hydrogen (secondary N) is 3. The van der Waals surface area contributed by atoms with Crippen molar-refractivity contribution >= 4 is 23.8 Å². The number of carboxylic acid groups (broad SMARTS) is 1. The second kappa shape index (κ2) is 9.59. The van der Waals surface area contributed by atoms with Gasteiger partial charge < -0.3 is 26.8 Å². The summed E-state index contributed by atoms with van der Waals surface area (Å²) in [5.41, 5.74) is 4.87. The van der Waals surface area contributed by atoms with Crippen molar-refractivity contribution in [3.63, 3.8) is 0 Å². The molecule has 0 radical (unpaired) electrons. The summed E-state index contributed by atoms with van der Waals surface area (Å²) in [6.45, 7) is 2.53. The standard InChI is InChI=1S/C11H20N4O5/c1-2-4-13-9(17)3-5-14-11(20)15-7(10(18)19)6-8(12)16/h7H,2-6H2,1H3,(H2,12,16)(H,13,17)(H,18,19)(H2,14,15,20)/t7-/m0/s1. The van der Waals surface area contributed by atoms with Crippen LogP contribution in [0.3, 0.4) is 0 Å². The largest absolute Gasteiger partial charge is 0.480 e. The average molecular weight is 288 g/mol. The lowest BCUT2D eigenvalue weighted by Gasteiger charge is -2.13. The van der Waals surface area contributed by atoms with Crippen LogP contribution in [0.4, 0.5) is 4.79 Å². The Morgan fingerprint density at radius 1 is 1.15 bits per heavy atom. The molecule has 9 nitrogen and oxygen atoms in total. The number of rotatable bonds is 9. The first-order valence-corrected chi connectivity index (χ1v) is 6.19. The van der Waals surface area contributed by atoms with Crippen LogP contribution in [0.2, 0.25) is 0 Å². The topological polar surface area (TPSA) is 151 Å². The molecule has 0 saturated carbocycles. The fraction of sp³-hybridized carbons (Fsp3) is 0.636. The zero-order chi connectivity index (χ0) is 15.5. The van der Waals surface area contributed by atoms with E-state index in [2.05, 4.69) is 16.0 Å². The Morgan fingerprint density at radius 3 is 2.30 bits per heavy atom. The molecule has 0 unspecified atom stereocenters. The molecule has 0 heterocycles. The normalized spacial score (nSPS) is 11.2. The maximum absolute atomic E-state index is 11.4. The highest BCUT2D eigenvalue weighted by molar-refractivity contribution is 5.87. The summed E-state index contributed by atoms with van der Waals surface area (Å²) in [5.74, 6) is -2.41. The van der Waals surface area contributed by atoms with Crippen molar-refractivity contribution in [3.8, 4) is 0 Å². The van der Waals surface area contributed by atoms with Crippen LogP contribution in [0.1, 0.15) is 26.2 Å². The number of amides is 4. The molecule has 0 fully saturated rings. The van der Waals surface area contributed by atoms with Crippen molar-refractivity contribution in [2.75, 3.05) is 13.1 Å². The summed E-state index contributed by atoms with van der Waals surface area (Å²) < 4.78 is 0. The van der Waals surface area contributed by atoms with Gasteiger partial charge in [-0.15, -0.1) is 0 Å². The molecular weight excluding hydrogens is 268 g/mol. The van der Waals surface area contributed by atoms with Crippen molar-refractivity contribution in [1.29, 1.82) is 0 Å². The van der Waals surface area contributed by atoms with E-state index >= 15 is 0 Å². The number of hydrogen-bond donors (Lipinski definition) is 5. The molecule has 6 N–H and O–H groups in total. The average Bonchev–Trinajstić information content (AvgIpc) is 2.34. The maximum atomic E-state index is 11.4. The van der Waals surface area contributed by atoms with Crippen LogP contribution in [-0.2, 0) is 14.4 Å². The van der Waals surface area contributed by atoms with E-state index in [1.807, 2.05) is 6.92 Å². The monoisotopic (exact) mass is 288 g/mol. The predicted octanol–water partition coefficient (Wildman–Crippen LogP) is -1.47. The van der Waals surface area contributed by atoms with Gasteiger partial charge in [0.15, 0.2) is 0 Å². The molecule has 0 aromatic rings. The van der Waals surface area contributed by atoms with Crippen LogP contribution in [0, 0.1) is 0 Å². The Bertz CT molecular complexity index is 372. The van der Waals surface area contributed by atoms with Gasteiger partial charge in [0.2, 0.25) is 11.8 Å². The van der Waals surface area contributed by atoms with Gasteiger partial charge in [-0.05, 0) is 6.42 Å². The summed E-state index contributed by atoms with van der Waals surface area (Å²) in [5, 5.41) is 15.8. The number of aliphatic carboxylic acids is 1. The fourth-order valence-electron chi connectivity index (χ4n) is 1.25. The van der Waals surface area contributed by atoms with E-state index < -0.39 is 30.4 Å². The lowest BCUT2D eigenvalue weighted by molar-refractivity contribution is -0.140. The molecule has 0 aliphatic rings. The number of carbonyl (C=O) groups is 4. The molecule has 9 heteroatoms. The third kappa shape index (κ3) is 8.72. The van der Waals surface area contributed by atoms with Crippen LogP contribution in [0.25, 0.3) is 0 Å². The molecule has 0 aromatic carbocycles. The molecule has 20 heavy (non-hydrogen) atoms. The molecular formula is C11H20N4O5. The second-order valence-corrected chi connectivity index (χ2v) is 4.06. The molecule has 114 valence electrons. The van der Waals surface area contributed by atoms with E-state index in [1.165, 1.54) is 0 Å². The number of hydrogen-bond acceptors (Lipinski definition) is 4. The van der Waals surface area contributed by atoms with Crippen LogP contribution in [0.15, 0.2) is 0 Å². The minimum atomic E-state index is -1.39. The molecule has 0 rings (SSSR count). The minimum absolute atomic E-state index is 0.0598. The Morgan fingerprint density at radius 2 is 1.80 bits per heavy atom. The van der Waals surface area contributed by atoms with Gasteiger partial charge in [0.1, 0.15) is 6.04 Å². The van der Waals surface area contributed by atoms with E-state index in [1.54, 1.807) is 0 Å². The third-order valence-corrected chi connectivity index (χ3v) is 2.22. The van der Waals surface area contributed by atoms with Gasteiger partial charge in [-0.2, -0.15) is 0 Å². The van der Waals surface area contributed by atoms with E-state index in [0.29, 0.717) is 6.54 Å². The molecule has 4 amide bonds. The molecule has 0 bridgehead atoms. The Balaban J connectivity index is 3.99. The zero-order valence-electron chi connectivity index (χ0n) is 11.3. The quantitative estimate of drug-likeness (QED) is 0.351. The van der Waals surface area contributed by atoms with E-state index in [0.717, 1.165) is 6.42 Å². The van der Waals surface area contributed by atoms with Crippen molar-refractivity contribution in [3.05, 3.63) is 0 Å². The van der Waals surface area contributed by atoms with Gasteiger partial charge >= 0.3 is 12.0 Å². The first-order chi connectivity index (χ1) is 9.36. The van der Waals surface area contributed by atoms with Crippen molar-refractivity contribution < 1.29 is 24.3 Å². The SMILES string of the molecule is CCCNC(=O)CCNC(=O)N[C@@H](CC(N)=O)C(=O)O. The minimum Gasteiger partial charge on any atom is -0.480 e. The van der Waals surface area contributed by atoms with Gasteiger partial charge in [0.25, 0.3) is 0 Å². The van der Waals surface area contributed by atoms with E-state index in [9.17, 15) is 19.2 Å². The van der Waals surface area contributed by atoms with Crippen molar-refractivity contribution in [2.45, 2.75) is 32.2 Å². The lowest BCUT2D eigenvalue weighted by atomic mass is 10.2. The smallest absolute Gasteiger partial charge is 0.326 e. The molecule has 0 aromatic heterocycles. The van der Waals surface area contributed by atoms with Crippen LogP contribution in [-0.4, -0.2) is 48.1 Å². The van der Waals surface area contributed by atoms with Gasteiger partial charge in [0, 0.05) is 19.5 Å². The van der Waals surface area contributed by atoms with Crippen LogP contribution >= 0.6 is 0 Å². The molecule has 0 aliphatic heterocycles. The third-order valence-electron chi connectivity index (χ3n) is 2.22. The molecule has 1 atom stereocenters. The highest BCUT2D eigenvalue weighted by Crippen LogP contribution is 1.91. The number of primary amides is 1. The Kier molecular flexibility index (Phi) is 8.48. The summed E-state index contributed by atoms with van der Waals surface area (Å²) >= 11 is 0. The number of carboxylic acids is 1. The number of carbonyl (C=O) groups excluding carboxylic acids is 3.